The molecule has 0 saturated heterocycles. The second-order valence-electron chi connectivity index (χ2n) is 7.43. The highest BCUT2D eigenvalue weighted by molar-refractivity contribution is 5.95. The van der Waals surface area contributed by atoms with E-state index in [9.17, 15) is 4.79 Å². The maximum atomic E-state index is 12.8. The third kappa shape index (κ3) is 1.90. The molecule has 0 radical (unpaired) electrons. The van der Waals surface area contributed by atoms with E-state index in [0.29, 0.717) is 18.1 Å². The average Bonchev–Trinajstić information content (AvgIpc) is 3.00. The molecule has 0 aromatic heterocycles. The molecule has 0 spiro atoms. The lowest BCUT2D eigenvalue weighted by Gasteiger charge is -2.42. The minimum absolute atomic E-state index is 0.167. The van der Waals surface area contributed by atoms with Crippen molar-refractivity contribution in [1.82, 2.24) is 4.90 Å². The third-order valence-corrected chi connectivity index (χ3v) is 6.26. The van der Waals surface area contributed by atoms with Crippen molar-refractivity contribution in [3.8, 4) is 11.8 Å². The van der Waals surface area contributed by atoms with Crippen LogP contribution in [0.2, 0.25) is 0 Å². The zero-order chi connectivity index (χ0) is 16.1. The summed E-state index contributed by atoms with van der Waals surface area (Å²) in [6, 6.07) is 10.1. The number of benzene rings is 1. The molecule has 4 rings (SSSR count). The Labute approximate surface area is 138 Å². The lowest BCUT2D eigenvalue weighted by molar-refractivity contribution is -0.125. The molecule has 0 heterocycles. The van der Waals surface area contributed by atoms with E-state index < -0.39 is 0 Å². The molecule has 3 atom stereocenters. The molecular weight excluding hydrogens is 282 g/mol. The Bertz CT molecular complexity index is 736. The predicted molar refractivity (Wildman–Crippen MR) is 91.8 cm³/mol. The number of hydrogen-bond acceptors (Lipinski definition) is 2. The van der Waals surface area contributed by atoms with Crippen LogP contribution < -0.4 is 0 Å². The first-order valence-electron chi connectivity index (χ1n) is 8.61. The van der Waals surface area contributed by atoms with E-state index >= 15 is 0 Å². The summed E-state index contributed by atoms with van der Waals surface area (Å²) in [5.74, 6) is 7.62. The summed E-state index contributed by atoms with van der Waals surface area (Å²) in [5, 5.41) is 0. The van der Waals surface area contributed by atoms with E-state index in [1.807, 2.05) is 30.3 Å². The van der Waals surface area contributed by atoms with Crippen LogP contribution in [0.25, 0.3) is 0 Å². The molecule has 0 amide bonds. The lowest BCUT2D eigenvalue weighted by atomic mass is 9.68. The second-order valence-corrected chi connectivity index (χ2v) is 7.43. The van der Waals surface area contributed by atoms with E-state index in [2.05, 4.69) is 36.9 Å². The van der Waals surface area contributed by atoms with Gasteiger partial charge in [-0.05, 0) is 45.0 Å². The van der Waals surface area contributed by atoms with Crippen molar-refractivity contribution in [2.75, 3.05) is 14.1 Å². The number of carbonyl (C=O) groups excluding carboxylic acids is 1. The summed E-state index contributed by atoms with van der Waals surface area (Å²) in [4.78, 5) is 15.1. The maximum Gasteiger partial charge on any atom is 0.145 e. The first-order chi connectivity index (χ1) is 11.1. The summed E-state index contributed by atoms with van der Waals surface area (Å²) >= 11 is 0. The van der Waals surface area contributed by atoms with Crippen LogP contribution in [0.4, 0.5) is 0 Å². The van der Waals surface area contributed by atoms with Gasteiger partial charge in [-0.15, -0.1) is 0 Å². The Kier molecular flexibility index (Phi) is 3.25. The Morgan fingerprint density at radius 2 is 1.91 bits per heavy atom. The molecular formula is C21H23NO. The van der Waals surface area contributed by atoms with Crippen molar-refractivity contribution >= 4 is 5.78 Å². The summed E-state index contributed by atoms with van der Waals surface area (Å²) in [5.41, 5.74) is 1.83. The maximum absolute atomic E-state index is 12.8. The molecule has 2 heteroatoms. The highest BCUT2D eigenvalue weighted by atomic mass is 16.1. The van der Waals surface area contributed by atoms with Crippen molar-refractivity contribution in [2.24, 2.45) is 11.3 Å². The fourth-order valence-corrected chi connectivity index (χ4v) is 5.16. The first kappa shape index (κ1) is 14.7. The van der Waals surface area contributed by atoms with Crippen LogP contribution in [0.5, 0.6) is 0 Å². The van der Waals surface area contributed by atoms with Crippen LogP contribution >= 0.6 is 0 Å². The SMILES string of the molecule is CN(C)[C@]12CC(=O)[C@@]3(C=C1C#Cc1ccccc1)CCCC[C@H]32. The Morgan fingerprint density at radius 3 is 2.65 bits per heavy atom. The highest BCUT2D eigenvalue weighted by Crippen LogP contribution is 2.64. The van der Waals surface area contributed by atoms with Gasteiger partial charge in [-0.25, -0.2) is 0 Å². The van der Waals surface area contributed by atoms with Crippen LogP contribution in [0, 0.1) is 23.2 Å². The van der Waals surface area contributed by atoms with Crippen LogP contribution in [0.1, 0.15) is 37.7 Å². The van der Waals surface area contributed by atoms with Gasteiger partial charge in [-0.1, -0.05) is 49.0 Å². The van der Waals surface area contributed by atoms with Gasteiger partial charge < -0.3 is 0 Å². The number of hydrogen-bond donors (Lipinski definition) is 0. The fraction of sp³-hybridized carbons (Fsp3) is 0.476. The van der Waals surface area contributed by atoms with Crippen molar-refractivity contribution in [1.29, 1.82) is 0 Å². The molecule has 0 unspecified atom stereocenters. The number of rotatable bonds is 1. The number of ketones is 1. The normalized spacial score (nSPS) is 34.8. The van der Waals surface area contributed by atoms with E-state index in [1.165, 1.54) is 18.4 Å². The molecule has 2 nitrogen and oxygen atoms in total. The van der Waals surface area contributed by atoms with Crippen molar-refractivity contribution in [3.05, 3.63) is 47.5 Å². The van der Waals surface area contributed by atoms with Crippen LogP contribution in [0.15, 0.2) is 42.0 Å². The second kappa shape index (κ2) is 5.08. The van der Waals surface area contributed by atoms with Gasteiger partial charge in [0.1, 0.15) is 5.78 Å². The van der Waals surface area contributed by atoms with Gasteiger partial charge in [0.25, 0.3) is 0 Å². The summed E-state index contributed by atoms with van der Waals surface area (Å²) < 4.78 is 0. The predicted octanol–water partition coefficient (Wildman–Crippen LogP) is 3.43. The van der Waals surface area contributed by atoms with Crippen molar-refractivity contribution in [2.45, 2.75) is 37.6 Å². The Hall–Kier alpha value is -1.85. The lowest BCUT2D eigenvalue weighted by Crippen LogP contribution is -2.48. The molecule has 3 aliphatic carbocycles. The molecule has 2 bridgehead atoms. The van der Waals surface area contributed by atoms with Gasteiger partial charge >= 0.3 is 0 Å². The van der Waals surface area contributed by atoms with E-state index in [0.717, 1.165) is 18.4 Å². The van der Waals surface area contributed by atoms with Crippen LogP contribution in [-0.2, 0) is 4.79 Å². The number of Topliss-reactive ketones (excluding diaryl/α,β-unsaturated/α-hetero) is 1. The molecule has 1 aromatic rings. The highest BCUT2D eigenvalue weighted by Gasteiger charge is 2.68. The zero-order valence-electron chi connectivity index (χ0n) is 13.9. The number of allylic oxidation sites excluding steroid dienone is 1. The molecule has 0 aliphatic heterocycles. The topological polar surface area (TPSA) is 20.3 Å². The van der Waals surface area contributed by atoms with Gasteiger partial charge in [0.2, 0.25) is 0 Å². The minimum Gasteiger partial charge on any atom is -0.299 e. The Balaban J connectivity index is 1.81. The molecule has 3 aliphatic rings. The number of nitrogens with zero attached hydrogens (tertiary/aromatic N) is 1. The first-order valence-corrected chi connectivity index (χ1v) is 8.61. The molecule has 2 fully saturated rings. The van der Waals surface area contributed by atoms with E-state index in [-0.39, 0.29) is 11.0 Å². The average molecular weight is 305 g/mol. The van der Waals surface area contributed by atoms with Gasteiger partial charge in [-0.3, -0.25) is 9.69 Å². The van der Waals surface area contributed by atoms with Crippen molar-refractivity contribution < 1.29 is 4.79 Å². The molecule has 23 heavy (non-hydrogen) atoms. The fourth-order valence-electron chi connectivity index (χ4n) is 5.16. The molecule has 2 saturated carbocycles. The third-order valence-electron chi connectivity index (χ3n) is 6.26. The monoisotopic (exact) mass is 305 g/mol. The number of likely N-dealkylation sites (N-methyl/N-ethyl adjacent to an activating group) is 1. The van der Waals surface area contributed by atoms with E-state index in [1.54, 1.807) is 0 Å². The van der Waals surface area contributed by atoms with Crippen LogP contribution in [-0.4, -0.2) is 30.3 Å². The van der Waals surface area contributed by atoms with Crippen molar-refractivity contribution in [3.63, 3.8) is 0 Å². The molecule has 1 aromatic carbocycles. The summed E-state index contributed by atoms with van der Waals surface area (Å²) in [6.07, 6.45) is 7.46. The molecule has 118 valence electrons. The van der Waals surface area contributed by atoms with Gasteiger partial charge in [0.15, 0.2) is 0 Å². The summed E-state index contributed by atoms with van der Waals surface area (Å²) in [6.45, 7) is 0. The summed E-state index contributed by atoms with van der Waals surface area (Å²) in [7, 11) is 4.22. The van der Waals surface area contributed by atoms with E-state index in [4.69, 9.17) is 0 Å². The van der Waals surface area contributed by atoms with Crippen LogP contribution in [0.3, 0.4) is 0 Å². The Morgan fingerprint density at radius 1 is 1.13 bits per heavy atom. The molecule has 0 N–H and O–H groups in total. The number of carbonyl (C=O) groups is 1. The van der Waals surface area contributed by atoms with Gasteiger partial charge in [0, 0.05) is 17.6 Å². The quantitative estimate of drug-likeness (QED) is 0.741. The standard InChI is InChI=1S/C21H23NO/c1-22(2)21-15-19(23)20(13-7-6-10-18(20)21)14-17(21)12-11-16-8-4-3-5-9-16/h3-5,8-9,14,18H,6-7,10,13,15H2,1-2H3/t18-,20-,21-/m1/s1. The van der Waals surface area contributed by atoms with Gasteiger partial charge in [0.05, 0.1) is 11.0 Å². The largest absolute Gasteiger partial charge is 0.299 e. The minimum atomic E-state index is -0.219. The van der Waals surface area contributed by atoms with Gasteiger partial charge in [-0.2, -0.15) is 0 Å². The zero-order valence-corrected chi connectivity index (χ0v) is 13.9. The smallest absolute Gasteiger partial charge is 0.145 e.